The Bertz CT molecular complexity index is 1100. The van der Waals surface area contributed by atoms with Gasteiger partial charge in [0.15, 0.2) is 0 Å². The number of benzene rings is 3. The van der Waals surface area contributed by atoms with Gasteiger partial charge in [0, 0.05) is 29.3 Å². The molecule has 0 fully saturated rings. The summed E-state index contributed by atoms with van der Waals surface area (Å²) in [4.78, 5) is 28.8. The SMILES string of the molecule is CC(C)(C)NC(=O)[C@@H](Cc1ccccc1)N(Cc1ccccc1)C(=O)CSCc1cccc(Cl)c1. The smallest absolute Gasteiger partial charge is 0.243 e. The third-order valence-corrected chi connectivity index (χ3v) is 6.57. The first-order chi connectivity index (χ1) is 16.7. The highest BCUT2D eigenvalue weighted by Gasteiger charge is 2.32. The van der Waals surface area contributed by atoms with E-state index < -0.39 is 11.6 Å². The topological polar surface area (TPSA) is 49.4 Å². The maximum absolute atomic E-state index is 13.6. The van der Waals surface area contributed by atoms with E-state index in [1.54, 1.807) is 4.90 Å². The van der Waals surface area contributed by atoms with Gasteiger partial charge in [0.05, 0.1) is 5.75 Å². The van der Waals surface area contributed by atoms with Crippen LogP contribution in [0.15, 0.2) is 84.9 Å². The number of halogens is 1. The van der Waals surface area contributed by atoms with E-state index in [0.29, 0.717) is 23.7 Å². The summed E-state index contributed by atoms with van der Waals surface area (Å²) in [6, 6.07) is 26.7. The molecule has 0 heterocycles. The van der Waals surface area contributed by atoms with Gasteiger partial charge in [0.2, 0.25) is 11.8 Å². The normalized spacial score (nSPS) is 12.1. The van der Waals surface area contributed by atoms with Crippen molar-refractivity contribution >= 4 is 35.2 Å². The van der Waals surface area contributed by atoms with E-state index in [1.165, 1.54) is 11.8 Å². The van der Waals surface area contributed by atoms with Gasteiger partial charge in [-0.1, -0.05) is 84.4 Å². The minimum absolute atomic E-state index is 0.0640. The molecule has 0 radical (unpaired) electrons. The summed E-state index contributed by atoms with van der Waals surface area (Å²) < 4.78 is 0. The average molecular weight is 509 g/mol. The second-order valence-corrected chi connectivity index (χ2v) is 11.0. The molecule has 2 amide bonds. The summed E-state index contributed by atoms with van der Waals surface area (Å²) in [6.07, 6.45) is 0.445. The van der Waals surface area contributed by atoms with Crippen LogP contribution in [0.2, 0.25) is 5.02 Å². The molecule has 35 heavy (non-hydrogen) atoms. The summed E-state index contributed by atoms with van der Waals surface area (Å²) in [5.41, 5.74) is 2.66. The molecule has 4 nitrogen and oxygen atoms in total. The molecule has 0 saturated heterocycles. The summed E-state index contributed by atoms with van der Waals surface area (Å²) in [5.74, 6) is 0.729. The van der Waals surface area contributed by atoms with Crippen molar-refractivity contribution in [1.29, 1.82) is 0 Å². The Balaban J connectivity index is 1.84. The number of amides is 2. The standard InChI is InChI=1S/C29H33ClN2O2S/c1-29(2,3)31-28(34)26(18-22-11-6-4-7-12-22)32(19-23-13-8-5-9-14-23)27(33)21-35-20-24-15-10-16-25(30)17-24/h4-17,26H,18-21H2,1-3H3,(H,31,34)/t26-/m1/s1. The lowest BCUT2D eigenvalue weighted by Gasteiger charge is -2.34. The molecule has 1 atom stereocenters. The fourth-order valence-electron chi connectivity index (χ4n) is 3.75. The molecule has 6 heteroatoms. The van der Waals surface area contributed by atoms with Crippen LogP contribution in [0.1, 0.15) is 37.5 Å². The van der Waals surface area contributed by atoms with Crippen LogP contribution in [0, 0.1) is 0 Å². The first kappa shape index (κ1) is 26.8. The van der Waals surface area contributed by atoms with Crippen LogP contribution >= 0.6 is 23.4 Å². The van der Waals surface area contributed by atoms with E-state index in [-0.39, 0.29) is 17.6 Å². The largest absolute Gasteiger partial charge is 0.350 e. The molecule has 3 aromatic carbocycles. The van der Waals surface area contributed by atoms with E-state index in [2.05, 4.69) is 5.32 Å². The third-order valence-electron chi connectivity index (χ3n) is 5.35. The van der Waals surface area contributed by atoms with Crippen LogP contribution in [0.4, 0.5) is 0 Å². The highest BCUT2D eigenvalue weighted by molar-refractivity contribution is 7.99. The minimum atomic E-state index is -0.629. The van der Waals surface area contributed by atoms with Crippen molar-refractivity contribution < 1.29 is 9.59 Å². The van der Waals surface area contributed by atoms with Gasteiger partial charge in [-0.05, 0) is 49.6 Å². The van der Waals surface area contributed by atoms with Crippen molar-refractivity contribution in [2.45, 2.75) is 51.1 Å². The lowest BCUT2D eigenvalue weighted by atomic mass is 10.0. The number of hydrogen-bond donors (Lipinski definition) is 1. The molecule has 184 valence electrons. The molecular weight excluding hydrogens is 476 g/mol. The molecule has 3 rings (SSSR count). The van der Waals surface area contributed by atoms with Gasteiger partial charge in [0.1, 0.15) is 6.04 Å². The summed E-state index contributed by atoms with van der Waals surface area (Å²) >= 11 is 7.63. The monoisotopic (exact) mass is 508 g/mol. The number of carbonyl (C=O) groups is 2. The number of carbonyl (C=O) groups excluding carboxylic acids is 2. The number of nitrogens with one attached hydrogen (secondary N) is 1. The summed E-state index contributed by atoms with van der Waals surface area (Å²) in [6.45, 7) is 6.23. The van der Waals surface area contributed by atoms with Crippen molar-refractivity contribution in [2.24, 2.45) is 0 Å². The van der Waals surface area contributed by atoms with Crippen molar-refractivity contribution in [3.63, 3.8) is 0 Å². The molecule has 3 aromatic rings. The van der Waals surface area contributed by atoms with Crippen LogP contribution in [0.25, 0.3) is 0 Å². The Labute approximate surface area is 218 Å². The molecule has 0 unspecified atom stereocenters. The van der Waals surface area contributed by atoms with Crippen LogP contribution in [-0.2, 0) is 28.3 Å². The Hall–Kier alpha value is -2.76. The molecule has 0 bridgehead atoms. The first-order valence-corrected chi connectivity index (χ1v) is 13.3. The Morgan fingerprint density at radius 3 is 2.09 bits per heavy atom. The van der Waals surface area contributed by atoms with Crippen LogP contribution in [0.5, 0.6) is 0 Å². The van der Waals surface area contributed by atoms with Crippen LogP contribution < -0.4 is 5.32 Å². The lowest BCUT2D eigenvalue weighted by Crippen LogP contribution is -2.54. The fourth-order valence-corrected chi connectivity index (χ4v) is 4.82. The second-order valence-electron chi connectivity index (χ2n) is 9.57. The highest BCUT2D eigenvalue weighted by atomic mass is 35.5. The maximum Gasteiger partial charge on any atom is 0.243 e. The predicted molar refractivity (Wildman–Crippen MR) is 146 cm³/mol. The Kier molecular flexibility index (Phi) is 9.82. The Morgan fingerprint density at radius 2 is 1.49 bits per heavy atom. The van der Waals surface area contributed by atoms with E-state index in [9.17, 15) is 9.59 Å². The fraction of sp³-hybridized carbons (Fsp3) is 0.310. The van der Waals surface area contributed by atoms with Gasteiger partial charge in [-0.25, -0.2) is 0 Å². The maximum atomic E-state index is 13.6. The number of hydrogen-bond acceptors (Lipinski definition) is 3. The van der Waals surface area contributed by atoms with Gasteiger partial charge < -0.3 is 10.2 Å². The van der Waals surface area contributed by atoms with Crippen LogP contribution in [-0.4, -0.2) is 34.0 Å². The molecule has 0 aliphatic rings. The number of nitrogens with zero attached hydrogens (tertiary/aromatic N) is 1. The predicted octanol–water partition coefficient (Wildman–Crippen LogP) is 6.13. The van der Waals surface area contributed by atoms with Crippen molar-refractivity contribution in [1.82, 2.24) is 10.2 Å². The highest BCUT2D eigenvalue weighted by Crippen LogP contribution is 2.20. The number of rotatable bonds is 10. The van der Waals surface area contributed by atoms with Gasteiger partial charge >= 0.3 is 0 Å². The van der Waals surface area contributed by atoms with Gasteiger partial charge in [0.25, 0.3) is 0 Å². The zero-order valence-electron chi connectivity index (χ0n) is 20.5. The van der Waals surface area contributed by atoms with Crippen LogP contribution in [0.3, 0.4) is 0 Å². The lowest BCUT2D eigenvalue weighted by molar-refractivity contribution is -0.140. The number of thioether (sulfide) groups is 1. The quantitative estimate of drug-likeness (QED) is 0.358. The average Bonchev–Trinajstić information content (AvgIpc) is 2.81. The van der Waals surface area contributed by atoms with Gasteiger partial charge in [-0.2, -0.15) is 0 Å². The van der Waals surface area contributed by atoms with E-state index >= 15 is 0 Å². The molecule has 0 aromatic heterocycles. The van der Waals surface area contributed by atoms with E-state index in [4.69, 9.17) is 11.6 Å². The summed E-state index contributed by atoms with van der Waals surface area (Å²) in [5, 5.41) is 3.78. The molecule has 0 aliphatic heterocycles. The molecule has 0 saturated carbocycles. The second kappa shape index (κ2) is 12.8. The van der Waals surface area contributed by atoms with Gasteiger partial charge in [-0.15, -0.1) is 11.8 Å². The van der Waals surface area contributed by atoms with E-state index in [1.807, 2.05) is 106 Å². The molecular formula is C29H33ClN2O2S. The van der Waals surface area contributed by atoms with E-state index in [0.717, 1.165) is 16.7 Å². The minimum Gasteiger partial charge on any atom is -0.350 e. The molecule has 0 aliphatic carbocycles. The Morgan fingerprint density at radius 1 is 0.886 bits per heavy atom. The van der Waals surface area contributed by atoms with Crippen molar-refractivity contribution in [3.8, 4) is 0 Å². The first-order valence-electron chi connectivity index (χ1n) is 11.7. The third kappa shape index (κ3) is 9.08. The molecule has 1 N–H and O–H groups in total. The molecule has 0 spiro atoms. The van der Waals surface area contributed by atoms with Crippen molar-refractivity contribution in [3.05, 3.63) is 107 Å². The van der Waals surface area contributed by atoms with Crippen molar-refractivity contribution in [2.75, 3.05) is 5.75 Å². The zero-order valence-corrected chi connectivity index (χ0v) is 22.1. The van der Waals surface area contributed by atoms with Gasteiger partial charge in [-0.3, -0.25) is 9.59 Å². The summed E-state index contributed by atoms with van der Waals surface area (Å²) in [7, 11) is 0. The zero-order chi connectivity index (χ0) is 25.3.